The Morgan fingerprint density at radius 2 is 1.85 bits per heavy atom. The van der Waals surface area contributed by atoms with E-state index < -0.39 is 23.0 Å². The third-order valence-corrected chi connectivity index (χ3v) is 7.37. The average Bonchev–Trinajstić information content (AvgIpc) is 3.33. The number of nitrogens with two attached hydrogens (primary N) is 1. The minimum Gasteiger partial charge on any atom is -0.453 e. The van der Waals surface area contributed by atoms with Gasteiger partial charge in [0, 0.05) is 32.8 Å². The Morgan fingerprint density at radius 1 is 1.10 bits per heavy atom. The van der Waals surface area contributed by atoms with E-state index in [1.807, 2.05) is 14.1 Å². The highest BCUT2D eigenvalue weighted by Gasteiger charge is 2.21. The summed E-state index contributed by atoms with van der Waals surface area (Å²) in [5, 5.41) is 0.669. The van der Waals surface area contributed by atoms with Crippen molar-refractivity contribution < 1.29 is 18.3 Å². The molecule has 0 saturated carbocycles. The summed E-state index contributed by atoms with van der Waals surface area (Å²) in [5.74, 6) is -1.69. The lowest BCUT2D eigenvalue weighted by molar-refractivity contribution is 0.0991. The van der Waals surface area contributed by atoms with Gasteiger partial charge in [0.15, 0.2) is 28.2 Å². The first-order chi connectivity index (χ1) is 18.6. The van der Waals surface area contributed by atoms with Crippen LogP contribution >= 0.6 is 22.9 Å². The number of aromatic nitrogens is 3. The van der Waals surface area contributed by atoms with Gasteiger partial charge in [-0.1, -0.05) is 29.0 Å². The lowest BCUT2D eigenvalue weighted by Crippen LogP contribution is -2.26. The van der Waals surface area contributed by atoms with E-state index in [9.17, 15) is 18.4 Å². The second kappa shape index (κ2) is 10.4. The maximum Gasteiger partial charge on any atom is 0.267 e. The van der Waals surface area contributed by atoms with Crippen LogP contribution in [0.15, 0.2) is 65.6 Å². The molecular formula is C27H20ClF2N5O3S. The fourth-order valence-electron chi connectivity index (χ4n) is 3.85. The van der Waals surface area contributed by atoms with E-state index in [0.717, 1.165) is 6.07 Å². The molecule has 198 valence electrons. The molecule has 5 aromatic rings. The van der Waals surface area contributed by atoms with Gasteiger partial charge in [0.05, 0.1) is 11.3 Å². The van der Waals surface area contributed by atoms with Crippen molar-refractivity contribution in [2.75, 3.05) is 24.7 Å². The van der Waals surface area contributed by atoms with E-state index >= 15 is 0 Å². The number of anilines is 2. The van der Waals surface area contributed by atoms with Gasteiger partial charge < -0.3 is 15.4 Å². The smallest absolute Gasteiger partial charge is 0.267 e. The molecule has 0 radical (unpaired) electrons. The zero-order chi connectivity index (χ0) is 27.8. The van der Waals surface area contributed by atoms with E-state index in [0.29, 0.717) is 26.7 Å². The number of fused-ring (bicyclic) bond motifs is 1. The molecule has 12 heteroatoms. The van der Waals surface area contributed by atoms with E-state index in [1.165, 1.54) is 70.6 Å². The van der Waals surface area contributed by atoms with Crippen LogP contribution in [-0.2, 0) is 6.42 Å². The monoisotopic (exact) mass is 567 g/mol. The number of ketones is 1. The van der Waals surface area contributed by atoms with Crippen LogP contribution in [0.2, 0.25) is 5.02 Å². The summed E-state index contributed by atoms with van der Waals surface area (Å²) < 4.78 is 35.3. The summed E-state index contributed by atoms with van der Waals surface area (Å²) in [6.45, 7) is 0. The first-order valence-electron chi connectivity index (χ1n) is 11.5. The largest absolute Gasteiger partial charge is 0.453 e. The Labute approximate surface area is 229 Å². The normalized spacial score (nSPS) is 11.1. The number of thiazole rings is 1. The molecule has 2 aromatic carbocycles. The topological polar surface area (TPSA) is 103 Å². The van der Waals surface area contributed by atoms with Crippen LogP contribution in [0.5, 0.6) is 11.5 Å². The predicted molar refractivity (Wildman–Crippen MR) is 148 cm³/mol. The highest BCUT2D eigenvalue weighted by molar-refractivity contribution is 7.21. The fraction of sp³-hybridized carbons (Fsp3) is 0.111. The van der Waals surface area contributed by atoms with E-state index in [1.54, 1.807) is 4.90 Å². The number of nitrogens with zero attached hydrogens (tertiary/aromatic N) is 4. The van der Waals surface area contributed by atoms with Gasteiger partial charge in [0.2, 0.25) is 0 Å². The molecule has 0 unspecified atom stereocenters. The van der Waals surface area contributed by atoms with Gasteiger partial charge in [0.25, 0.3) is 5.56 Å². The maximum atomic E-state index is 14.9. The Balaban J connectivity index is 1.50. The molecule has 0 aliphatic heterocycles. The first kappa shape index (κ1) is 26.3. The number of ether oxygens (including phenoxy) is 1. The van der Waals surface area contributed by atoms with Crippen LogP contribution in [0.25, 0.3) is 16.0 Å². The molecule has 5 rings (SSSR count). The Morgan fingerprint density at radius 3 is 2.54 bits per heavy atom. The lowest BCUT2D eigenvalue weighted by atomic mass is 10.0. The summed E-state index contributed by atoms with van der Waals surface area (Å²) in [4.78, 5) is 37.5. The number of halogens is 3. The number of rotatable bonds is 7. The Bertz CT molecular complexity index is 1790. The van der Waals surface area contributed by atoms with E-state index in [2.05, 4.69) is 9.97 Å². The summed E-state index contributed by atoms with van der Waals surface area (Å²) in [6, 6.07) is 12.3. The van der Waals surface area contributed by atoms with Gasteiger partial charge in [-0.3, -0.25) is 14.2 Å². The molecule has 0 bridgehead atoms. The fourth-order valence-corrected chi connectivity index (χ4v) is 4.99. The third kappa shape index (κ3) is 5.18. The standard InChI is InChI=1S/C27H20ClF2N5O3S/c1-34(2)27-33-19-13-17(25(37)35(26(19)39-27)16-6-4-15(29)5-7-16)20(36)12-14-3-8-21(18(30)11-14)38-22-9-10-32-24(31)23(22)28/h3-11,13H,12H2,1-2H3,(H2,31,32). The zero-order valence-corrected chi connectivity index (χ0v) is 22.2. The van der Waals surface area contributed by atoms with Gasteiger partial charge in [-0.25, -0.2) is 18.7 Å². The molecule has 0 amide bonds. The minimum absolute atomic E-state index is 0.0397. The molecule has 39 heavy (non-hydrogen) atoms. The van der Waals surface area contributed by atoms with E-state index in [4.69, 9.17) is 22.1 Å². The highest BCUT2D eigenvalue weighted by Crippen LogP contribution is 2.34. The quantitative estimate of drug-likeness (QED) is 0.254. The van der Waals surface area contributed by atoms with Gasteiger partial charge in [-0.15, -0.1) is 0 Å². The number of carbonyl (C=O) groups is 1. The summed E-state index contributed by atoms with van der Waals surface area (Å²) in [6.07, 6.45) is 1.12. The molecule has 8 nitrogen and oxygen atoms in total. The molecule has 3 heterocycles. The van der Waals surface area contributed by atoms with Crippen molar-refractivity contribution >= 4 is 50.0 Å². The van der Waals surface area contributed by atoms with Crippen LogP contribution in [0.4, 0.5) is 19.7 Å². The maximum absolute atomic E-state index is 14.9. The van der Waals surface area contributed by atoms with Crippen LogP contribution in [-0.4, -0.2) is 34.4 Å². The van der Waals surface area contributed by atoms with Crippen molar-refractivity contribution in [2.45, 2.75) is 6.42 Å². The second-order valence-electron chi connectivity index (χ2n) is 8.73. The first-order valence-corrected chi connectivity index (χ1v) is 12.7. The molecule has 2 N–H and O–H groups in total. The number of nitrogen functional groups attached to an aromatic ring is 1. The molecule has 0 fully saturated rings. The average molecular weight is 568 g/mol. The summed E-state index contributed by atoms with van der Waals surface area (Å²) in [5.41, 5.74) is 6.09. The lowest BCUT2D eigenvalue weighted by Gasteiger charge is -2.11. The minimum atomic E-state index is -0.735. The van der Waals surface area contributed by atoms with Gasteiger partial charge in [-0.2, -0.15) is 0 Å². The molecule has 0 aliphatic carbocycles. The second-order valence-corrected chi connectivity index (χ2v) is 10.1. The molecule has 0 aliphatic rings. The van der Waals surface area contributed by atoms with Crippen LogP contribution in [0.1, 0.15) is 15.9 Å². The number of carbonyl (C=O) groups excluding carboxylic acids is 1. The highest BCUT2D eigenvalue weighted by atomic mass is 35.5. The van der Waals surface area contributed by atoms with Gasteiger partial charge in [-0.05, 0) is 48.0 Å². The molecule has 0 atom stereocenters. The summed E-state index contributed by atoms with van der Waals surface area (Å²) in [7, 11) is 3.62. The van der Waals surface area contributed by atoms with Gasteiger partial charge >= 0.3 is 0 Å². The molecule has 0 spiro atoms. The van der Waals surface area contributed by atoms with Crippen LogP contribution in [0, 0.1) is 11.6 Å². The van der Waals surface area contributed by atoms with E-state index in [-0.39, 0.29) is 34.3 Å². The van der Waals surface area contributed by atoms with Crippen LogP contribution < -0.4 is 20.9 Å². The SMILES string of the molecule is CN(C)c1nc2cc(C(=O)Cc3ccc(Oc4ccnc(N)c4Cl)c(F)c3)c(=O)n(-c3ccc(F)cc3)c2s1. The van der Waals surface area contributed by atoms with Crippen molar-refractivity contribution in [2.24, 2.45) is 0 Å². The zero-order valence-electron chi connectivity index (χ0n) is 20.6. The van der Waals surface area contributed by atoms with Crippen LogP contribution in [0.3, 0.4) is 0 Å². The number of benzene rings is 2. The molecule has 0 saturated heterocycles. The Kier molecular flexibility index (Phi) is 7.02. The van der Waals surface area contributed by atoms with Crippen molar-refractivity contribution in [1.29, 1.82) is 0 Å². The van der Waals surface area contributed by atoms with Crippen molar-refractivity contribution in [3.05, 3.63) is 98.9 Å². The van der Waals surface area contributed by atoms with Crippen molar-refractivity contribution in [1.82, 2.24) is 14.5 Å². The third-order valence-electron chi connectivity index (χ3n) is 5.77. The number of hydrogen-bond donors (Lipinski definition) is 1. The van der Waals surface area contributed by atoms with Crippen molar-refractivity contribution in [3.8, 4) is 17.2 Å². The number of Topliss-reactive ketones (excluding diaryl/α,β-unsaturated/α-hetero) is 1. The number of hydrogen-bond acceptors (Lipinski definition) is 8. The number of pyridine rings is 2. The summed E-state index contributed by atoms with van der Waals surface area (Å²) >= 11 is 7.33. The Hall–Kier alpha value is -4.35. The molecular weight excluding hydrogens is 548 g/mol. The van der Waals surface area contributed by atoms with Gasteiger partial charge in [0.1, 0.15) is 27.0 Å². The molecule has 3 aromatic heterocycles. The predicted octanol–water partition coefficient (Wildman–Crippen LogP) is 5.64. The van der Waals surface area contributed by atoms with Crippen molar-refractivity contribution in [3.63, 3.8) is 0 Å².